The summed E-state index contributed by atoms with van der Waals surface area (Å²) in [7, 11) is -2.76. The molecule has 6 heteroatoms. The smallest absolute Gasteiger partial charge is 0.188 e. The fraction of sp³-hybridized carbons (Fsp3) is 1.00. The van der Waals surface area contributed by atoms with E-state index in [0.717, 1.165) is 0 Å². The SMILES string of the molecule is Cl.Cl.O=[SH](=O)CF. The van der Waals surface area contributed by atoms with Crippen LogP contribution in [-0.2, 0) is 10.7 Å². The van der Waals surface area contributed by atoms with Gasteiger partial charge in [0.1, 0.15) is 0 Å². The summed E-state index contributed by atoms with van der Waals surface area (Å²) in [5, 5.41) is 0. The molecule has 0 aliphatic heterocycles. The zero-order valence-corrected chi connectivity index (χ0v) is 5.69. The van der Waals surface area contributed by atoms with Crippen molar-refractivity contribution in [3.05, 3.63) is 0 Å². The van der Waals surface area contributed by atoms with Crippen LogP contribution >= 0.6 is 24.8 Å². The highest BCUT2D eigenvalue weighted by atomic mass is 35.5. The molecule has 0 fully saturated rings. The Labute approximate surface area is 54.9 Å². The van der Waals surface area contributed by atoms with Crippen LogP contribution in [0.4, 0.5) is 4.39 Å². The monoisotopic (exact) mass is 170 g/mol. The number of hydrogen-bond acceptors (Lipinski definition) is 2. The van der Waals surface area contributed by atoms with Gasteiger partial charge in [0, 0.05) is 0 Å². The topological polar surface area (TPSA) is 34.1 Å². The van der Waals surface area contributed by atoms with Crippen molar-refractivity contribution >= 4 is 35.5 Å². The Hall–Kier alpha value is 0.460. The molecule has 0 radical (unpaired) electrons. The molecule has 0 atom stereocenters. The lowest BCUT2D eigenvalue weighted by Gasteiger charge is -1.57. The third-order valence-corrected chi connectivity index (χ3v) is 0.293. The van der Waals surface area contributed by atoms with Crippen LogP contribution < -0.4 is 0 Å². The van der Waals surface area contributed by atoms with Gasteiger partial charge in [0.05, 0.1) is 0 Å². The lowest BCUT2D eigenvalue weighted by Crippen LogP contribution is -1.70. The minimum absolute atomic E-state index is 0. The number of halogens is 3. The second-order valence-corrected chi connectivity index (χ2v) is 1.36. The highest BCUT2D eigenvalue weighted by molar-refractivity contribution is 7.72. The van der Waals surface area contributed by atoms with E-state index >= 15 is 0 Å². The maximum absolute atomic E-state index is 10.5. The molecule has 7 heavy (non-hydrogen) atoms. The van der Waals surface area contributed by atoms with E-state index in [1.165, 1.54) is 0 Å². The molecular formula is CH5Cl2FO2S. The molecule has 0 saturated carbocycles. The molecule has 0 spiro atoms. The molecule has 0 saturated heterocycles. The van der Waals surface area contributed by atoms with Crippen molar-refractivity contribution < 1.29 is 12.8 Å². The first-order valence-corrected chi connectivity index (χ1v) is 2.31. The van der Waals surface area contributed by atoms with E-state index in [1.54, 1.807) is 0 Å². The summed E-state index contributed by atoms with van der Waals surface area (Å²) in [5.41, 5.74) is 0. The van der Waals surface area contributed by atoms with Crippen LogP contribution in [0.1, 0.15) is 0 Å². The summed E-state index contributed by atoms with van der Waals surface area (Å²) in [6.45, 7) is 0. The summed E-state index contributed by atoms with van der Waals surface area (Å²) >= 11 is 0. The first-order valence-electron chi connectivity index (χ1n) is 0.949. The molecule has 0 N–H and O–H groups in total. The van der Waals surface area contributed by atoms with Crippen molar-refractivity contribution in [2.45, 2.75) is 0 Å². The van der Waals surface area contributed by atoms with Crippen LogP contribution in [0.3, 0.4) is 0 Å². The van der Waals surface area contributed by atoms with Crippen LogP contribution in [0.5, 0.6) is 0 Å². The van der Waals surface area contributed by atoms with Gasteiger partial charge in [0.2, 0.25) is 0 Å². The second kappa shape index (κ2) is 9.68. The predicted octanol–water partition coefficient (Wildman–Crippen LogP) is 0.368. The highest BCUT2D eigenvalue weighted by Crippen LogP contribution is 1.59. The first kappa shape index (κ1) is 15.7. The summed E-state index contributed by atoms with van der Waals surface area (Å²) in [6.07, 6.45) is 0. The Bertz CT molecular complexity index is 73.8. The minimum Gasteiger partial charge on any atom is -0.234 e. The minimum atomic E-state index is -2.76. The van der Waals surface area contributed by atoms with Gasteiger partial charge in [-0.15, -0.1) is 24.8 Å². The molecule has 0 aliphatic carbocycles. The van der Waals surface area contributed by atoms with E-state index in [1.807, 2.05) is 0 Å². The zero-order valence-electron chi connectivity index (χ0n) is 3.17. The zero-order chi connectivity index (χ0) is 4.28. The van der Waals surface area contributed by atoms with Gasteiger partial charge in [-0.1, -0.05) is 0 Å². The summed E-state index contributed by atoms with van der Waals surface area (Å²) < 4.78 is 28.6. The van der Waals surface area contributed by atoms with Gasteiger partial charge < -0.3 is 0 Å². The molecule has 48 valence electrons. The third-order valence-electron chi connectivity index (χ3n) is 0.0976. The van der Waals surface area contributed by atoms with Gasteiger partial charge in [0.25, 0.3) is 0 Å². The average molecular weight is 171 g/mol. The number of thiol groups is 1. The number of hydrogen-bond donors (Lipinski definition) is 1. The Morgan fingerprint density at radius 1 is 1.29 bits per heavy atom. The van der Waals surface area contributed by atoms with E-state index in [0.29, 0.717) is 0 Å². The van der Waals surface area contributed by atoms with Gasteiger partial charge in [-0.25, -0.2) is 12.8 Å². The Kier molecular flexibility index (Phi) is 21.6. The predicted molar refractivity (Wildman–Crippen MR) is 30.8 cm³/mol. The highest BCUT2D eigenvalue weighted by Gasteiger charge is 1.70. The molecule has 0 heterocycles. The molecule has 2 nitrogen and oxygen atoms in total. The molecule has 0 amide bonds. The maximum atomic E-state index is 10.5. The second-order valence-electron chi connectivity index (χ2n) is 0.452. The van der Waals surface area contributed by atoms with Gasteiger partial charge in [-0.05, 0) is 0 Å². The van der Waals surface area contributed by atoms with Crippen molar-refractivity contribution in [1.29, 1.82) is 0 Å². The van der Waals surface area contributed by atoms with Crippen molar-refractivity contribution in [1.82, 2.24) is 0 Å². The quantitative estimate of drug-likeness (QED) is 0.578. The van der Waals surface area contributed by atoms with Gasteiger partial charge in [0.15, 0.2) is 16.7 Å². The van der Waals surface area contributed by atoms with Gasteiger partial charge >= 0.3 is 0 Å². The molecule has 0 unspecified atom stereocenters. The van der Waals surface area contributed by atoms with E-state index in [-0.39, 0.29) is 24.8 Å². The van der Waals surface area contributed by atoms with Crippen LogP contribution in [0.2, 0.25) is 0 Å². The summed E-state index contributed by atoms with van der Waals surface area (Å²) in [4.78, 5) is 0. The standard InChI is InChI=1S/CH3FO2S.2ClH/c2-1-5(3)4;;/h5H,1H2;2*1H. The Morgan fingerprint density at radius 3 is 1.43 bits per heavy atom. The lowest BCUT2D eigenvalue weighted by molar-refractivity contribution is 0.550. The Balaban J connectivity index is -0.0000000800. The van der Waals surface area contributed by atoms with Crippen LogP contribution in [0, 0.1) is 0 Å². The van der Waals surface area contributed by atoms with Crippen molar-refractivity contribution in [2.24, 2.45) is 0 Å². The van der Waals surface area contributed by atoms with Crippen LogP contribution in [0.25, 0.3) is 0 Å². The number of rotatable bonds is 1. The first-order chi connectivity index (χ1) is 2.27. The molecule has 0 bridgehead atoms. The Morgan fingerprint density at radius 2 is 1.43 bits per heavy atom. The van der Waals surface area contributed by atoms with Gasteiger partial charge in [-0.2, -0.15) is 0 Å². The van der Waals surface area contributed by atoms with E-state index in [4.69, 9.17) is 8.42 Å². The summed E-state index contributed by atoms with van der Waals surface area (Å²) in [5.74, 6) is 0. The molecule has 0 rings (SSSR count). The normalized spacial score (nSPS) is 6.57. The van der Waals surface area contributed by atoms with Crippen molar-refractivity contribution in [3.8, 4) is 0 Å². The molecule has 0 aliphatic rings. The lowest BCUT2D eigenvalue weighted by atomic mass is 11.8. The fourth-order valence-corrected chi connectivity index (χ4v) is 0. The maximum Gasteiger partial charge on any atom is 0.188 e. The van der Waals surface area contributed by atoms with Gasteiger partial charge in [-0.3, -0.25) is 0 Å². The molecule has 0 aromatic carbocycles. The number of alkyl halides is 1. The van der Waals surface area contributed by atoms with Crippen molar-refractivity contribution in [3.63, 3.8) is 0 Å². The molecular weight excluding hydrogens is 166 g/mol. The molecule has 0 aromatic heterocycles. The van der Waals surface area contributed by atoms with Crippen LogP contribution in [-0.4, -0.2) is 14.4 Å². The summed E-state index contributed by atoms with van der Waals surface area (Å²) in [6, 6.07) is -1.24. The van der Waals surface area contributed by atoms with Crippen LogP contribution in [0.15, 0.2) is 0 Å². The molecule has 0 aromatic rings. The average Bonchev–Trinajstić information content (AvgIpc) is 1.38. The van der Waals surface area contributed by atoms with E-state index in [2.05, 4.69) is 0 Å². The third kappa shape index (κ3) is 21.2. The van der Waals surface area contributed by atoms with E-state index < -0.39 is 16.7 Å². The fourth-order valence-electron chi connectivity index (χ4n) is 0. The van der Waals surface area contributed by atoms with E-state index in [9.17, 15) is 4.39 Å². The van der Waals surface area contributed by atoms with Crippen molar-refractivity contribution in [2.75, 3.05) is 6.01 Å². The largest absolute Gasteiger partial charge is 0.234 e.